The van der Waals surface area contributed by atoms with Crippen molar-refractivity contribution in [2.45, 2.75) is 6.92 Å². The third-order valence-corrected chi connectivity index (χ3v) is 2.15. The second-order valence-corrected chi connectivity index (χ2v) is 3.26. The van der Waals surface area contributed by atoms with Crippen molar-refractivity contribution in [3.63, 3.8) is 0 Å². The highest BCUT2D eigenvalue weighted by atomic mass is 16.1. The lowest BCUT2D eigenvalue weighted by atomic mass is 10.3. The maximum absolute atomic E-state index is 11.1. The highest BCUT2D eigenvalue weighted by Gasteiger charge is 2.04. The maximum atomic E-state index is 11.1. The van der Waals surface area contributed by atoms with Crippen LogP contribution in [0.3, 0.4) is 0 Å². The van der Waals surface area contributed by atoms with E-state index in [0.29, 0.717) is 0 Å². The molecule has 2 N–H and O–H groups in total. The molecular formula is C11H11N3O. The molecule has 1 heterocycles. The van der Waals surface area contributed by atoms with E-state index < -0.39 is 0 Å². The van der Waals surface area contributed by atoms with E-state index in [-0.39, 0.29) is 11.5 Å². The fourth-order valence-electron chi connectivity index (χ4n) is 1.53. The summed E-state index contributed by atoms with van der Waals surface area (Å²) in [5, 5.41) is 0. The van der Waals surface area contributed by atoms with E-state index in [1.807, 2.05) is 37.3 Å². The first-order valence-electron chi connectivity index (χ1n) is 4.60. The second-order valence-electron chi connectivity index (χ2n) is 3.26. The fourth-order valence-corrected chi connectivity index (χ4v) is 1.53. The number of para-hydroxylation sites is 1. The van der Waals surface area contributed by atoms with E-state index in [0.717, 1.165) is 11.4 Å². The van der Waals surface area contributed by atoms with Gasteiger partial charge in [0.05, 0.1) is 0 Å². The zero-order valence-electron chi connectivity index (χ0n) is 8.34. The van der Waals surface area contributed by atoms with Crippen molar-refractivity contribution >= 4 is 5.95 Å². The molecule has 0 aliphatic carbocycles. The predicted molar refractivity (Wildman–Crippen MR) is 59.0 cm³/mol. The van der Waals surface area contributed by atoms with Gasteiger partial charge in [-0.1, -0.05) is 18.2 Å². The molecular weight excluding hydrogens is 190 g/mol. The first-order valence-corrected chi connectivity index (χ1v) is 4.60. The molecule has 0 fully saturated rings. The van der Waals surface area contributed by atoms with Crippen LogP contribution in [0.5, 0.6) is 0 Å². The van der Waals surface area contributed by atoms with Crippen LogP contribution in [0.4, 0.5) is 5.95 Å². The van der Waals surface area contributed by atoms with E-state index in [4.69, 9.17) is 5.73 Å². The largest absolute Gasteiger partial charge is 0.369 e. The summed E-state index contributed by atoms with van der Waals surface area (Å²) in [6.07, 6.45) is 0. The first kappa shape index (κ1) is 9.45. The molecule has 2 rings (SSSR count). The van der Waals surface area contributed by atoms with E-state index in [1.165, 1.54) is 6.07 Å². The topological polar surface area (TPSA) is 60.9 Å². The van der Waals surface area contributed by atoms with Gasteiger partial charge in [0.25, 0.3) is 5.56 Å². The van der Waals surface area contributed by atoms with Crippen molar-refractivity contribution < 1.29 is 0 Å². The van der Waals surface area contributed by atoms with Gasteiger partial charge in [0.1, 0.15) is 0 Å². The summed E-state index contributed by atoms with van der Waals surface area (Å²) in [5.41, 5.74) is 7.08. The van der Waals surface area contributed by atoms with Gasteiger partial charge in [-0.15, -0.1) is 0 Å². The van der Waals surface area contributed by atoms with E-state index in [9.17, 15) is 4.79 Å². The number of aryl methyl sites for hydroxylation is 1. The Morgan fingerprint density at radius 3 is 2.53 bits per heavy atom. The SMILES string of the molecule is Cc1cc(=O)nc(N)n1-c1ccccc1. The van der Waals surface area contributed by atoms with Crippen molar-refractivity contribution in [2.24, 2.45) is 0 Å². The molecule has 0 aliphatic heterocycles. The van der Waals surface area contributed by atoms with Crippen LogP contribution < -0.4 is 11.3 Å². The van der Waals surface area contributed by atoms with Gasteiger partial charge in [-0.3, -0.25) is 9.36 Å². The number of nitrogen functional groups attached to an aromatic ring is 1. The highest BCUT2D eigenvalue weighted by Crippen LogP contribution is 2.12. The smallest absolute Gasteiger partial charge is 0.274 e. The Morgan fingerprint density at radius 2 is 1.93 bits per heavy atom. The molecule has 0 amide bonds. The summed E-state index contributed by atoms with van der Waals surface area (Å²) in [7, 11) is 0. The molecule has 0 saturated heterocycles. The van der Waals surface area contributed by atoms with Crippen molar-refractivity contribution in [2.75, 3.05) is 5.73 Å². The minimum atomic E-state index is -0.308. The average molecular weight is 201 g/mol. The molecule has 76 valence electrons. The van der Waals surface area contributed by atoms with Crippen LogP contribution >= 0.6 is 0 Å². The van der Waals surface area contributed by atoms with Gasteiger partial charge < -0.3 is 5.73 Å². The van der Waals surface area contributed by atoms with Gasteiger partial charge in [0.15, 0.2) is 0 Å². The Morgan fingerprint density at radius 1 is 1.27 bits per heavy atom. The number of nitrogens with two attached hydrogens (primary N) is 1. The minimum absolute atomic E-state index is 0.214. The quantitative estimate of drug-likeness (QED) is 0.752. The van der Waals surface area contributed by atoms with E-state index >= 15 is 0 Å². The lowest BCUT2D eigenvalue weighted by Gasteiger charge is -2.11. The van der Waals surface area contributed by atoms with Crippen LogP contribution in [0.25, 0.3) is 5.69 Å². The Balaban J connectivity index is 2.69. The number of anilines is 1. The van der Waals surface area contributed by atoms with Crippen LogP contribution in [0.1, 0.15) is 5.69 Å². The van der Waals surface area contributed by atoms with Crippen LogP contribution in [-0.2, 0) is 0 Å². The molecule has 1 aromatic heterocycles. The van der Waals surface area contributed by atoms with Crippen molar-refractivity contribution in [3.05, 3.63) is 52.4 Å². The first-order chi connectivity index (χ1) is 7.18. The lowest BCUT2D eigenvalue weighted by Crippen LogP contribution is -2.17. The molecule has 0 radical (unpaired) electrons. The molecule has 0 spiro atoms. The Kier molecular flexibility index (Phi) is 2.25. The molecule has 1 aromatic carbocycles. The molecule has 2 aromatic rings. The summed E-state index contributed by atoms with van der Waals surface area (Å²) in [6.45, 7) is 1.83. The predicted octanol–water partition coefficient (Wildman–Crippen LogP) is 1.12. The molecule has 0 aliphatic rings. The van der Waals surface area contributed by atoms with Crippen LogP contribution in [0.15, 0.2) is 41.2 Å². The number of benzene rings is 1. The Bertz CT molecular complexity index is 505. The van der Waals surface area contributed by atoms with Gasteiger partial charge in [-0.05, 0) is 19.1 Å². The molecule has 0 saturated carbocycles. The minimum Gasteiger partial charge on any atom is -0.369 e. The Labute approximate surface area is 87.0 Å². The molecule has 4 nitrogen and oxygen atoms in total. The second kappa shape index (κ2) is 3.57. The van der Waals surface area contributed by atoms with Gasteiger partial charge in [0, 0.05) is 17.4 Å². The Hall–Kier alpha value is -2.10. The van der Waals surface area contributed by atoms with Crippen molar-refractivity contribution in [1.29, 1.82) is 0 Å². The number of nitrogens with zero attached hydrogens (tertiary/aromatic N) is 2. The molecule has 0 unspecified atom stereocenters. The number of aromatic nitrogens is 2. The zero-order chi connectivity index (χ0) is 10.8. The van der Waals surface area contributed by atoms with Crippen LogP contribution in [0.2, 0.25) is 0 Å². The van der Waals surface area contributed by atoms with Crippen LogP contribution in [0, 0.1) is 6.92 Å². The standard InChI is InChI=1S/C11H11N3O/c1-8-7-10(15)13-11(12)14(8)9-5-3-2-4-6-9/h2-7H,1H3,(H2,12,13,15). The monoisotopic (exact) mass is 201 g/mol. The number of hydrogen-bond donors (Lipinski definition) is 1. The average Bonchev–Trinajstić information content (AvgIpc) is 2.17. The van der Waals surface area contributed by atoms with Crippen LogP contribution in [-0.4, -0.2) is 9.55 Å². The molecule has 15 heavy (non-hydrogen) atoms. The summed E-state index contributed by atoms with van der Waals surface area (Å²) < 4.78 is 1.74. The summed E-state index contributed by atoms with van der Waals surface area (Å²) in [4.78, 5) is 14.8. The molecule has 0 bridgehead atoms. The van der Waals surface area contributed by atoms with Crippen molar-refractivity contribution in [1.82, 2.24) is 9.55 Å². The number of hydrogen-bond acceptors (Lipinski definition) is 3. The summed E-state index contributed by atoms with van der Waals surface area (Å²) in [6, 6.07) is 11.0. The third kappa shape index (κ3) is 1.74. The fraction of sp³-hybridized carbons (Fsp3) is 0.0909. The van der Waals surface area contributed by atoms with Gasteiger partial charge in [-0.2, -0.15) is 4.98 Å². The molecule has 4 heteroatoms. The third-order valence-electron chi connectivity index (χ3n) is 2.15. The normalized spacial score (nSPS) is 10.2. The lowest BCUT2D eigenvalue weighted by molar-refractivity contribution is 0.933. The van der Waals surface area contributed by atoms with Crippen molar-refractivity contribution in [3.8, 4) is 5.69 Å². The zero-order valence-corrected chi connectivity index (χ0v) is 8.34. The number of rotatable bonds is 1. The summed E-state index contributed by atoms with van der Waals surface area (Å²) in [5.74, 6) is 0.214. The van der Waals surface area contributed by atoms with Gasteiger partial charge >= 0.3 is 0 Å². The highest BCUT2D eigenvalue weighted by molar-refractivity contribution is 5.40. The van der Waals surface area contributed by atoms with Gasteiger partial charge in [-0.25, -0.2) is 0 Å². The van der Waals surface area contributed by atoms with Gasteiger partial charge in [0.2, 0.25) is 5.95 Å². The summed E-state index contributed by atoms with van der Waals surface area (Å²) >= 11 is 0. The molecule has 0 atom stereocenters. The van der Waals surface area contributed by atoms with E-state index in [1.54, 1.807) is 4.57 Å². The van der Waals surface area contributed by atoms with E-state index in [2.05, 4.69) is 4.98 Å². The maximum Gasteiger partial charge on any atom is 0.274 e.